The molecule has 0 radical (unpaired) electrons. The molecule has 1 atom stereocenters. The fourth-order valence-electron chi connectivity index (χ4n) is 1.48. The lowest BCUT2D eigenvalue weighted by Gasteiger charge is -2.10. The first-order chi connectivity index (χ1) is 8.47. The molecule has 0 aromatic heterocycles. The summed E-state index contributed by atoms with van der Waals surface area (Å²) in [5.41, 5.74) is 1.01. The normalized spacial score (nSPS) is 12.2. The Morgan fingerprint density at radius 1 is 1.39 bits per heavy atom. The number of carboxylic acids is 1. The predicted octanol–water partition coefficient (Wildman–Crippen LogP) is 2.03. The van der Waals surface area contributed by atoms with E-state index in [0.717, 1.165) is 4.90 Å². The maximum atomic E-state index is 11.4. The summed E-state index contributed by atoms with van der Waals surface area (Å²) in [5.74, 6) is -1.30. The second kappa shape index (κ2) is 6.92. The van der Waals surface area contributed by atoms with Crippen molar-refractivity contribution in [2.45, 2.75) is 17.4 Å². The summed E-state index contributed by atoms with van der Waals surface area (Å²) in [6.45, 7) is 0. The van der Waals surface area contributed by atoms with E-state index >= 15 is 0 Å². The van der Waals surface area contributed by atoms with Gasteiger partial charge in [-0.15, -0.1) is 11.8 Å². The van der Waals surface area contributed by atoms with Crippen molar-refractivity contribution in [3.63, 3.8) is 0 Å². The van der Waals surface area contributed by atoms with Gasteiger partial charge in [0, 0.05) is 11.3 Å². The smallest absolute Gasteiger partial charge is 0.337 e. The van der Waals surface area contributed by atoms with E-state index in [1.807, 2.05) is 12.3 Å². The fourth-order valence-corrected chi connectivity index (χ4v) is 2.20. The van der Waals surface area contributed by atoms with Gasteiger partial charge in [-0.25, -0.2) is 4.79 Å². The summed E-state index contributed by atoms with van der Waals surface area (Å²) in [7, 11) is 0. The van der Waals surface area contributed by atoms with Crippen LogP contribution in [0.15, 0.2) is 23.1 Å². The highest BCUT2D eigenvalue weighted by molar-refractivity contribution is 9.09. The van der Waals surface area contributed by atoms with Crippen LogP contribution < -0.4 is 0 Å². The van der Waals surface area contributed by atoms with Gasteiger partial charge in [-0.05, 0) is 29.5 Å². The Bertz CT molecular complexity index is 461. The molecule has 98 valence electrons. The molecule has 0 bridgehead atoms. The maximum absolute atomic E-state index is 11.4. The molecule has 0 aliphatic heterocycles. The van der Waals surface area contributed by atoms with Gasteiger partial charge in [0.05, 0.1) is 5.33 Å². The van der Waals surface area contributed by atoms with E-state index in [1.54, 1.807) is 12.1 Å². The Hall–Kier alpha value is -0.850. The molecule has 0 saturated carbocycles. The van der Waals surface area contributed by atoms with Crippen LogP contribution in [0, 0.1) is 0 Å². The molecule has 0 fully saturated rings. The second-order valence-corrected chi connectivity index (χ2v) is 5.14. The number of carbonyl (C=O) groups is 2. The molecule has 4 nitrogen and oxygen atoms in total. The van der Waals surface area contributed by atoms with Gasteiger partial charge in [-0.2, -0.15) is 0 Å². The van der Waals surface area contributed by atoms with Crippen LogP contribution in [0.4, 0.5) is 0 Å². The summed E-state index contributed by atoms with van der Waals surface area (Å²) in [4.78, 5) is 22.9. The zero-order valence-corrected chi connectivity index (χ0v) is 12.1. The summed E-state index contributed by atoms with van der Waals surface area (Å²) >= 11 is 4.51. The van der Waals surface area contributed by atoms with Gasteiger partial charge in [-0.1, -0.05) is 22.0 Å². The molecule has 0 spiro atoms. The van der Waals surface area contributed by atoms with E-state index in [0.29, 0.717) is 11.1 Å². The maximum Gasteiger partial charge on any atom is 0.337 e. The van der Waals surface area contributed by atoms with E-state index in [4.69, 9.17) is 5.11 Å². The molecule has 6 heteroatoms. The fraction of sp³-hybridized carbons (Fsp3) is 0.333. The van der Waals surface area contributed by atoms with Crippen LogP contribution in [-0.4, -0.2) is 33.6 Å². The number of hydrogen-bond donors (Lipinski definition) is 2. The first kappa shape index (κ1) is 15.2. The Kier molecular flexibility index (Phi) is 5.84. The number of aliphatic carboxylic acids is 1. The van der Waals surface area contributed by atoms with Gasteiger partial charge in [0.15, 0.2) is 6.10 Å². The van der Waals surface area contributed by atoms with Crippen LogP contribution in [-0.2, 0) is 16.0 Å². The van der Waals surface area contributed by atoms with E-state index in [2.05, 4.69) is 15.9 Å². The van der Waals surface area contributed by atoms with E-state index in [9.17, 15) is 14.7 Å². The number of aliphatic hydroxyl groups is 1. The Balaban J connectivity index is 3.08. The Morgan fingerprint density at radius 3 is 2.56 bits per heavy atom. The average Bonchev–Trinajstić information content (AvgIpc) is 2.36. The van der Waals surface area contributed by atoms with Crippen molar-refractivity contribution in [3.8, 4) is 0 Å². The molecule has 0 saturated heterocycles. The molecule has 2 N–H and O–H groups in total. The number of hydrogen-bond acceptors (Lipinski definition) is 4. The molecule has 0 heterocycles. The molecule has 1 aromatic carbocycles. The molecular formula is C12H13BrO4S. The van der Waals surface area contributed by atoms with Gasteiger partial charge >= 0.3 is 5.97 Å². The molecule has 1 aromatic rings. The minimum absolute atomic E-state index is 0.00372. The third-order valence-electron chi connectivity index (χ3n) is 2.32. The van der Waals surface area contributed by atoms with Crippen molar-refractivity contribution in [1.82, 2.24) is 0 Å². The molecule has 0 aliphatic carbocycles. The molecule has 1 unspecified atom stereocenters. The lowest BCUT2D eigenvalue weighted by atomic mass is 10.0. The molecule has 1 rings (SSSR count). The standard InChI is InChI=1S/C12H13BrO4S/c1-18-10-4-7(3-9(14)6-13)2-8(5-10)11(15)12(16)17/h2,4-5,11,15H,3,6H2,1H3,(H,16,17). The van der Waals surface area contributed by atoms with Crippen molar-refractivity contribution >= 4 is 39.4 Å². The van der Waals surface area contributed by atoms with Gasteiger partial charge in [-0.3, -0.25) is 4.79 Å². The molecule has 0 amide bonds. The van der Waals surface area contributed by atoms with Crippen LogP contribution in [0.1, 0.15) is 17.2 Å². The topological polar surface area (TPSA) is 74.6 Å². The van der Waals surface area contributed by atoms with Crippen molar-refractivity contribution in [1.29, 1.82) is 0 Å². The monoisotopic (exact) mass is 332 g/mol. The largest absolute Gasteiger partial charge is 0.479 e. The molecule has 18 heavy (non-hydrogen) atoms. The first-order valence-corrected chi connectivity index (χ1v) is 7.49. The van der Waals surface area contributed by atoms with Crippen LogP contribution in [0.3, 0.4) is 0 Å². The van der Waals surface area contributed by atoms with Gasteiger partial charge < -0.3 is 10.2 Å². The number of Topliss-reactive ketones (excluding diaryl/α,β-unsaturated/α-hetero) is 1. The summed E-state index contributed by atoms with van der Waals surface area (Å²) in [6, 6.07) is 4.99. The third-order valence-corrected chi connectivity index (χ3v) is 3.66. The zero-order chi connectivity index (χ0) is 13.7. The number of ketones is 1. The number of benzene rings is 1. The van der Waals surface area contributed by atoms with Crippen LogP contribution in [0.5, 0.6) is 0 Å². The highest BCUT2D eigenvalue weighted by atomic mass is 79.9. The number of rotatable bonds is 6. The van der Waals surface area contributed by atoms with E-state index in [1.165, 1.54) is 11.8 Å². The quantitative estimate of drug-likeness (QED) is 0.615. The van der Waals surface area contributed by atoms with Crippen LogP contribution in [0.2, 0.25) is 0 Å². The number of carbonyl (C=O) groups excluding carboxylic acids is 1. The van der Waals surface area contributed by atoms with E-state index < -0.39 is 12.1 Å². The SMILES string of the molecule is CSc1cc(CC(=O)CBr)cc(C(O)C(=O)O)c1. The minimum atomic E-state index is -1.56. The van der Waals surface area contributed by atoms with Gasteiger partial charge in [0.1, 0.15) is 5.78 Å². The Labute approximate surface area is 118 Å². The lowest BCUT2D eigenvalue weighted by molar-refractivity contribution is -0.146. The summed E-state index contributed by atoms with van der Waals surface area (Å²) in [6.07, 6.45) is 0.511. The van der Waals surface area contributed by atoms with Crippen molar-refractivity contribution in [2.75, 3.05) is 11.6 Å². The summed E-state index contributed by atoms with van der Waals surface area (Å²) in [5, 5.41) is 18.6. The third kappa shape index (κ3) is 4.12. The molecule has 0 aliphatic rings. The zero-order valence-electron chi connectivity index (χ0n) is 9.72. The van der Waals surface area contributed by atoms with Gasteiger partial charge in [0.2, 0.25) is 0 Å². The number of halogens is 1. The lowest BCUT2D eigenvalue weighted by Crippen LogP contribution is -2.11. The average molecular weight is 333 g/mol. The highest BCUT2D eigenvalue weighted by Crippen LogP contribution is 2.24. The predicted molar refractivity (Wildman–Crippen MR) is 73.3 cm³/mol. The minimum Gasteiger partial charge on any atom is -0.479 e. The number of alkyl halides is 1. The number of aliphatic hydroxyl groups excluding tert-OH is 1. The number of carboxylic acid groups (broad SMARTS) is 1. The summed E-state index contributed by atoms with van der Waals surface area (Å²) < 4.78 is 0. The van der Waals surface area contributed by atoms with Crippen molar-refractivity contribution in [2.24, 2.45) is 0 Å². The van der Waals surface area contributed by atoms with Crippen molar-refractivity contribution < 1.29 is 19.8 Å². The molecular weight excluding hydrogens is 320 g/mol. The highest BCUT2D eigenvalue weighted by Gasteiger charge is 2.17. The number of thioether (sulfide) groups is 1. The van der Waals surface area contributed by atoms with E-state index in [-0.39, 0.29) is 17.5 Å². The van der Waals surface area contributed by atoms with Gasteiger partial charge in [0.25, 0.3) is 0 Å². The van der Waals surface area contributed by atoms with Crippen LogP contribution in [0.25, 0.3) is 0 Å². The Morgan fingerprint density at radius 2 is 2.06 bits per heavy atom. The van der Waals surface area contributed by atoms with Crippen LogP contribution >= 0.6 is 27.7 Å². The first-order valence-electron chi connectivity index (χ1n) is 5.14. The second-order valence-electron chi connectivity index (χ2n) is 3.70. The van der Waals surface area contributed by atoms with Crippen molar-refractivity contribution in [3.05, 3.63) is 29.3 Å².